The minimum atomic E-state index is -0.334. The summed E-state index contributed by atoms with van der Waals surface area (Å²) in [6.45, 7) is 29.5. The molecule has 552 valence electrons. The van der Waals surface area contributed by atoms with E-state index in [1.165, 1.54) is 17.5 Å². The highest BCUT2D eigenvalue weighted by molar-refractivity contribution is 7.59. The standard InChI is InChI=1S/2C24H30N6O.C16H26BN3O2.C14H16ClN3O.H2S/c2*1-18(20-6-4-5-7-22(20)31-3)15-25-23-14-21(27-17-28-23)19-8-9-24(26-16-19)30-12-10-29(2)11-13-30;1-15(2)16(3,4)22-17(21-15)13-6-7-14(18-12-13)20-10-8-19(5)9-11-20;1-10(11-5-3-4-6-12(11)19-2)8-16-14-7-13(15)17-9-18-14;/h2*4-9,14,16-18H,10-13,15H2,1-3H3,(H,25,27,28);6-7,12H,8-11H2,1-5H3;3-7,9-10H,8H2,1-2H3,(H,16,17,18);1H2/t18-;;;;/m1..../s1. The van der Waals surface area contributed by atoms with E-state index in [0.29, 0.717) is 11.1 Å². The molecule has 3 aromatic carbocycles. The topological polar surface area (TPSA) is 218 Å². The quantitative estimate of drug-likeness (QED) is 0.0450. The van der Waals surface area contributed by atoms with Crippen LogP contribution in [0.15, 0.2) is 165 Å². The first-order chi connectivity index (χ1) is 49.8. The normalized spacial score (nSPS) is 16.7. The Balaban J connectivity index is 0.000000163. The third kappa shape index (κ3) is 21.8. The summed E-state index contributed by atoms with van der Waals surface area (Å²) in [6, 6.07) is 42.4. The van der Waals surface area contributed by atoms with E-state index in [4.69, 9.17) is 35.1 Å². The number of aromatic nitrogens is 9. The molecule has 0 radical (unpaired) electrons. The van der Waals surface area contributed by atoms with Crippen LogP contribution in [0.4, 0.5) is 34.9 Å². The monoisotopic (exact) mass is 1450 g/mol. The Hall–Kier alpha value is -8.95. The maximum Gasteiger partial charge on any atom is 0.496 e. The summed E-state index contributed by atoms with van der Waals surface area (Å²) < 4.78 is 28.5. The number of pyridine rings is 3. The van der Waals surface area contributed by atoms with Crippen molar-refractivity contribution in [2.45, 2.75) is 77.4 Å². The lowest BCUT2D eigenvalue weighted by atomic mass is 9.80. The van der Waals surface area contributed by atoms with Crippen LogP contribution in [0.5, 0.6) is 17.2 Å². The van der Waals surface area contributed by atoms with Crippen molar-refractivity contribution in [2.24, 2.45) is 0 Å². The number of hydrogen-bond acceptors (Lipinski definition) is 23. The Bertz CT molecular complexity index is 3900. The van der Waals surface area contributed by atoms with Crippen LogP contribution in [0.25, 0.3) is 22.5 Å². The molecule has 0 spiro atoms. The number of nitrogens with one attached hydrogen (secondary N) is 3. The Morgan fingerprint density at radius 1 is 0.423 bits per heavy atom. The second kappa shape index (κ2) is 38.2. The van der Waals surface area contributed by atoms with Crippen molar-refractivity contribution in [1.29, 1.82) is 0 Å². The van der Waals surface area contributed by atoms with Gasteiger partial charge < -0.3 is 68.9 Å². The van der Waals surface area contributed by atoms with Crippen molar-refractivity contribution >= 4 is 72.6 Å². The lowest BCUT2D eigenvalue weighted by Gasteiger charge is -2.33. The number of hydrogen-bond donors (Lipinski definition) is 3. The molecule has 2 unspecified atom stereocenters. The van der Waals surface area contributed by atoms with Gasteiger partial charge in [-0.05, 0) is 114 Å². The first-order valence-electron chi connectivity index (χ1n) is 35.5. The number of methoxy groups -OCH3 is 3. The number of halogens is 1. The van der Waals surface area contributed by atoms with Gasteiger partial charge >= 0.3 is 7.12 Å². The van der Waals surface area contributed by atoms with Crippen LogP contribution >= 0.6 is 25.1 Å². The van der Waals surface area contributed by atoms with Gasteiger partial charge in [0.05, 0.1) is 43.9 Å². The van der Waals surface area contributed by atoms with E-state index in [2.05, 4.69) is 214 Å². The van der Waals surface area contributed by atoms with E-state index in [9.17, 15) is 0 Å². The molecule has 4 saturated heterocycles. The van der Waals surface area contributed by atoms with Crippen molar-refractivity contribution in [1.82, 2.24) is 59.6 Å². The van der Waals surface area contributed by atoms with Crippen LogP contribution in [0.1, 0.15) is 82.9 Å². The zero-order valence-corrected chi connectivity index (χ0v) is 64.4. The van der Waals surface area contributed by atoms with Crippen molar-refractivity contribution in [3.63, 3.8) is 0 Å². The van der Waals surface area contributed by atoms with E-state index < -0.39 is 0 Å². The zero-order chi connectivity index (χ0) is 72.9. The van der Waals surface area contributed by atoms with Crippen LogP contribution < -0.4 is 50.3 Å². The fourth-order valence-electron chi connectivity index (χ4n) is 12.2. The summed E-state index contributed by atoms with van der Waals surface area (Å²) >= 11 is 5.81. The smallest absolute Gasteiger partial charge is 0.496 e. The molecule has 0 aliphatic carbocycles. The molecule has 4 fully saturated rings. The fraction of sp³-hybridized carbons (Fsp3) is 0.423. The molecule has 4 aliphatic rings. The molecular formula is C78H104BClN18O5S. The zero-order valence-electron chi connectivity index (χ0n) is 62.6. The van der Waals surface area contributed by atoms with Crippen molar-refractivity contribution < 1.29 is 23.5 Å². The molecule has 3 N–H and O–H groups in total. The van der Waals surface area contributed by atoms with Gasteiger partial charge in [-0.1, -0.05) is 93.0 Å². The Kier molecular flexibility index (Phi) is 29.1. The molecule has 9 aromatic rings. The van der Waals surface area contributed by atoms with Crippen LogP contribution in [0, 0.1) is 0 Å². The Morgan fingerprint density at radius 3 is 1.07 bits per heavy atom. The lowest BCUT2D eigenvalue weighted by Crippen LogP contribution is -2.45. The molecule has 13 rings (SSSR count). The molecule has 3 atom stereocenters. The maximum absolute atomic E-state index is 6.07. The third-order valence-electron chi connectivity index (χ3n) is 19.6. The van der Waals surface area contributed by atoms with Gasteiger partial charge in [-0.15, -0.1) is 0 Å². The largest absolute Gasteiger partial charge is 0.496 e. The molecular weight excluding hydrogens is 1350 g/mol. The molecule has 0 saturated carbocycles. The molecule has 0 amide bonds. The maximum atomic E-state index is 6.07. The van der Waals surface area contributed by atoms with Gasteiger partial charge in [0, 0.05) is 169 Å². The summed E-state index contributed by atoms with van der Waals surface area (Å²) in [5, 5.41) is 10.5. The summed E-state index contributed by atoms with van der Waals surface area (Å²) in [4.78, 5) is 53.6. The third-order valence-corrected chi connectivity index (χ3v) is 19.8. The lowest BCUT2D eigenvalue weighted by molar-refractivity contribution is 0.00578. The number of anilines is 6. The summed E-state index contributed by atoms with van der Waals surface area (Å²) in [6.07, 6.45) is 10.3. The van der Waals surface area contributed by atoms with Gasteiger partial charge in [0.25, 0.3) is 0 Å². The number of para-hydroxylation sites is 3. The summed E-state index contributed by atoms with van der Waals surface area (Å²) in [5.41, 5.74) is 7.57. The first kappa shape index (κ1) is 79.2. The van der Waals surface area contributed by atoms with Crippen molar-refractivity contribution in [3.05, 3.63) is 187 Å². The fourth-order valence-corrected chi connectivity index (χ4v) is 12.4. The second-order valence-electron chi connectivity index (χ2n) is 27.6. The van der Waals surface area contributed by atoms with Crippen molar-refractivity contribution in [3.8, 4) is 39.8 Å². The molecule has 6 aromatic heterocycles. The van der Waals surface area contributed by atoms with Gasteiger partial charge in [-0.25, -0.2) is 44.9 Å². The van der Waals surface area contributed by atoms with E-state index in [0.717, 1.165) is 184 Å². The number of rotatable bonds is 21. The Labute approximate surface area is 627 Å². The van der Waals surface area contributed by atoms with E-state index in [1.54, 1.807) is 40.1 Å². The summed E-state index contributed by atoms with van der Waals surface area (Å²) in [5.74, 6) is 8.98. The number of piperazine rings is 3. The average Bonchev–Trinajstić information content (AvgIpc) is 1.63. The molecule has 4 aliphatic heterocycles. The first-order valence-corrected chi connectivity index (χ1v) is 35.9. The molecule has 26 heteroatoms. The minimum Gasteiger partial charge on any atom is -0.496 e. The molecule has 0 bridgehead atoms. The van der Waals surface area contributed by atoms with Crippen LogP contribution in [0.2, 0.25) is 5.15 Å². The molecule has 104 heavy (non-hydrogen) atoms. The Morgan fingerprint density at radius 2 is 0.750 bits per heavy atom. The highest BCUT2D eigenvalue weighted by atomic mass is 35.5. The van der Waals surface area contributed by atoms with Crippen molar-refractivity contribution in [2.75, 3.05) is 171 Å². The number of nitrogens with zero attached hydrogens (tertiary/aromatic N) is 15. The predicted octanol–water partition coefficient (Wildman–Crippen LogP) is 11.6. The summed E-state index contributed by atoms with van der Waals surface area (Å²) in [7, 11) is 11.2. The predicted molar refractivity (Wildman–Crippen MR) is 427 cm³/mol. The van der Waals surface area contributed by atoms with Gasteiger partial charge in [0.15, 0.2) is 0 Å². The van der Waals surface area contributed by atoms with E-state index >= 15 is 0 Å². The van der Waals surface area contributed by atoms with Gasteiger partial charge in [0.1, 0.15) is 76.3 Å². The second-order valence-corrected chi connectivity index (χ2v) is 28.0. The SMILES string of the molecule is CN1CCN(c2ccc(B3OC(C)(C)C(C)(C)O3)cn2)CC1.COc1ccccc1C(C)CNc1cc(-c2ccc(N3CCN(C)CC3)nc2)ncn1.COc1ccccc1C(C)CNc1cc(Cl)ncn1.COc1ccccc1[C@H](C)CNc1cc(-c2ccc(N3CCN(C)CC3)nc2)ncn1.S. The van der Waals surface area contributed by atoms with Crippen LogP contribution in [-0.4, -0.2) is 219 Å². The highest BCUT2D eigenvalue weighted by Crippen LogP contribution is 2.37. The van der Waals surface area contributed by atoms with Gasteiger partial charge in [0.2, 0.25) is 0 Å². The van der Waals surface area contributed by atoms with E-state index in [-0.39, 0.29) is 43.7 Å². The molecule has 10 heterocycles. The van der Waals surface area contributed by atoms with E-state index in [1.807, 2.05) is 85.3 Å². The highest BCUT2D eigenvalue weighted by Gasteiger charge is 2.52. The van der Waals surface area contributed by atoms with Crippen LogP contribution in [0.3, 0.4) is 0 Å². The minimum absolute atomic E-state index is 0. The van der Waals surface area contributed by atoms with Gasteiger partial charge in [-0.3, -0.25) is 0 Å². The van der Waals surface area contributed by atoms with Crippen LogP contribution in [-0.2, 0) is 9.31 Å². The molecule has 23 nitrogen and oxygen atoms in total. The number of benzene rings is 3. The number of ether oxygens (including phenoxy) is 3. The average molecular weight is 1450 g/mol. The number of likely N-dealkylation sites (N-methyl/N-ethyl adjacent to an activating group) is 3. The van der Waals surface area contributed by atoms with Gasteiger partial charge in [-0.2, -0.15) is 13.5 Å².